The minimum absolute atomic E-state index is 0. The van der Waals surface area contributed by atoms with Gasteiger partial charge in [-0.1, -0.05) is 148 Å². The van der Waals surface area contributed by atoms with Crippen LogP contribution >= 0.6 is 11.3 Å². The molecule has 4 heterocycles. The molecule has 0 saturated carbocycles. The number of para-hydroxylation sites is 4. The molecule has 4 aromatic heterocycles. The SMILES string of the molecule is CC(C)c1cc(-c2ccccc2)cc(C(C)C)c1-n1c(-c2[c-]cc(-n3c4ccccc4c4ccccc43)c3c2sc2ccccc23)nc2ccccc21.[Ir].[c-]1ccccc1-c1ccccn1. The molecular weight excluding hydrogens is 1000 g/mol. The van der Waals surface area contributed by atoms with Crippen molar-refractivity contribution in [2.45, 2.75) is 39.5 Å². The largest absolute Gasteiger partial charge is 0.350 e. The standard InChI is InChI=1S/C49H38N3S.C11H8N.Ir/c1-30(2)38-28-33(32-16-6-5-7-17-32)29-39(31(3)4)47(38)52-43-24-14-11-21-40(43)50-49(52)37-26-27-44(46-36-20-10-15-25-45(36)53-48(37)46)51-41-22-12-8-18-34(41)35-19-9-13-23-42(35)51;1-2-6-10(7-3-1)11-8-4-5-9-12-11;/h5-25,27-31H,1-4H3;1-6,8-9H;/q2*-1;. The smallest absolute Gasteiger partial charge is 0.0774 e. The first-order valence-corrected chi connectivity index (χ1v) is 23.2. The summed E-state index contributed by atoms with van der Waals surface area (Å²) in [6, 6.07) is 73.4. The van der Waals surface area contributed by atoms with Crippen molar-refractivity contribution in [1.29, 1.82) is 0 Å². The molecule has 66 heavy (non-hydrogen) atoms. The summed E-state index contributed by atoms with van der Waals surface area (Å²) in [5.41, 5.74) is 15.0. The van der Waals surface area contributed by atoms with E-state index in [-0.39, 0.29) is 31.9 Å². The van der Waals surface area contributed by atoms with E-state index in [0.29, 0.717) is 0 Å². The van der Waals surface area contributed by atoms with Gasteiger partial charge in [0.1, 0.15) is 0 Å². The molecule has 0 saturated heterocycles. The fourth-order valence-corrected chi connectivity index (χ4v) is 10.6. The molecule has 0 fully saturated rings. The number of fused-ring (bicyclic) bond motifs is 7. The van der Waals surface area contributed by atoms with Crippen molar-refractivity contribution in [3.05, 3.63) is 218 Å². The van der Waals surface area contributed by atoms with E-state index >= 15 is 0 Å². The molecule has 0 spiro atoms. The maximum Gasteiger partial charge on any atom is 0.0774 e. The average Bonchev–Trinajstić information content (AvgIpc) is 4.05. The van der Waals surface area contributed by atoms with Gasteiger partial charge in [0.15, 0.2) is 0 Å². The number of imidazole rings is 1. The van der Waals surface area contributed by atoms with Gasteiger partial charge in [0, 0.05) is 58.5 Å². The molecule has 0 aliphatic heterocycles. The Hall–Kier alpha value is -6.95. The Morgan fingerprint density at radius 1 is 0.545 bits per heavy atom. The number of pyridine rings is 1. The number of rotatable bonds is 7. The Morgan fingerprint density at radius 3 is 1.80 bits per heavy atom. The van der Waals surface area contributed by atoms with Crippen molar-refractivity contribution in [3.8, 4) is 45.1 Å². The molecule has 0 amide bonds. The predicted molar refractivity (Wildman–Crippen MR) is 275 cm³/mol. The Labute approximate surface area is 403 Å². The van der Waals surface area contributed by atoms with Crippen LogP contribution in [0.3, 0.4) is 0 Å². The fourth-order valence-electron chi connectivity index (χ4n) is 9.39. The van der Waals surface area contributed by atoms with Gasteiger partial charge in [-0.25, -0.2) is 0 Å². The molecular formula is C60H46IrN4S-2. The zero-order valence-corrected chi connectivity index (χ0v) is 40.4. The van der Waals surface area contributed by atoms with E-state index in [9.17, 15) is 0 Å². The molecule has 6 heteroatoms. The van der Waals surface area contributed by atoms with Gasteiger partial charge in [-0.3, -0.25) is 4.98 Å². The van der Waals surface area contributed by atoms with E-state index in [1.807, 2.05) is 53.8 Å². The van der Waals surface area contributed by atoms with E-state index in [1.54, 1.807) is 6.20 Å². The van der Waals surface area contributed by atoms with E-state index < -0.39 is 0 Å². The molecule has 1 radical (unpaired) electrons. The van der Waals surface area contributed by atoms with Crippen molar-refractivity contribution >= 4 is 64.3 Å². The Bertz CT molecular complexity index is 3540. The van der Waals surface area contributed by atoms with E-state index in [1.165, 1.54) is 69.9 Å². The first-order chi connectivity index (χ1) is 31.9. The zero-order chi connectivity index (χ0) is 44.0. The van der Waals surface area contributed by atoms with Crippen molar-refractivity contribution in [2.24, 2.45) is 0 Å². The number of nitrogens with zero attached hydrogens (tertiary/aromatic N) is 4. The molecule has 0 unspecified atom stereocenters. The van der Waals surface area contributed by atoms with Gasteiger partial charge in [-0.05, 0) is 104 Å². The molecule has 323 valence electrons. The number of aromatic nitrogens is 4. The second-order valence-electron chi connectivity index (χ2n) is 17.2. The van der Waals surface area contributed by atoms with E-state index in [2.05, 4.69) is 200 Å². The van der Waals surface area contributed by atoms with E-state index in [4.69, 9.17) is 4.98 Å². The summed E-state index contributed by atoms with van der Waals surface area (Å²) in [5, 5.41) is 4.99. The maximum atomic E-state index is 5.48. The molecule has 12 aromatic rings. The number of thiophene rings is 1. The Morgan fingerprint density at radius 2 is 1.15 bits per heavy atom. The molecule has 0 N–H and O–H groups in total. The molecule has 0 bridgehead atoms. The quantitative estimate of drug-likeness (QED) is 0.149. The zero-order valence-electron chi connectivity index (χ0n) is 37.2. The van der Waals surface area contributed by atoms with Gasteiger partial charge in [-0.2, -0.15) is 11.3 Å². The summed E-state index contributed by atoms with van der Waals surface area (Å²) in [6.45, 7) is 9.25. The van der Waals surface area contributed by atoms with Crippen LogP contribution in [0.15, 0.2) is 194 Å². The molecule has 0 atom stereocenters. The summed E-state index contributed by atoms with van der Waals surface area (Å²) < 4.78 is 7.34. The minimum Gasteiger partial charge on any atom is -0.350 e. The third-order valence-electron chi connectivity index (χ3n) is 12.4. The van der Waals surface area contributed by atoms with Gasteiger partial charge in [-0.15, -0.1) is 48.0 Å². The first-order valence-electron chi connectivity index (χ1n) is 22.4. The summed E-state index contributed by atoms with van der Waals surface area (Å²) in [5.74, 6) is 1.49. The molecule has 0 aliphatic rings. The summed E-state index contributed by atoms with van der Waals surface area (Å²) in [7, 11) is 0. The fraction of sp³-hybridized carbons (Fsp3) is 0.100. The monoisotopic (exact) mass is 1050 g/mol. The van der Waals surface area contributed by atoms with Crippen LogP contribution in [-0.4, -0.2) is 19.1 Å². The first kappa shape index (κ1) is 43.0. The van der Waals surface area contributed by atoms with Crippen LogP contribution in [0.1, 0.15) is 50.7 Å². The molecule has 12 rings (SSSR count). The normalized spacial score (nSPS) is 11.5. The van der Waals surface area contributed by atoms with Gasteiger partial charge < -0.3 is 14.1 Å². The van der Waals surface area contributed by atoms with Crippen molar-refractivity contribution in [1.82, 2.24) is 19.1 Å². The summed E-state index contributed by atoms with van der Waals surface area (Å²) >= 11 is 1.84. The topological polar surface area (TPSA) is 35.6 Å². The molecule has 0 aliphatic carbocycles. The molecule has 8 aromatic carbocycles. The van der Waals surface area contributed by atoms with Crippen LogP contribution in [0.2, 0.25) is 0 Å². The third kappa shape index (κ3) is 7.55. The van der Waals surface area contributed by atoms with Crippen LogP contribution in [0.4, 0.5) is 0 Å². The van der Waals surface area contributed by atoms with Gasteiger partial charge in [0.2, 0.25) is 0 Å². The summed E-state index contributed by atoms with van der Waals surface area (Å²) in [4.78, 5) is 9.70. The van der Waals surface area contributed by atoms with Gasteiger partial charge in [0.05, 0.1) is 16.9 Å². The third-order valence-corrected chi connectivity index (χ3v) is 13.6. The Kier molecular flexibility index (Phi) is 11.8. The Balaban J connectivity index is 0.000000342. The van der Waals surface area contributed by atoms with Crippen LogP contribution in [-0.2, 0) is 20.1 Å². The van der Waals surface area contributed by atoms with Gasteiger partial charge in [0.25, 0.3) is 0 Å². The number of hydrogen-bond acceptors (Lipinski definition) is 3. The van der Waals surface area contributed by atoms with E-state index in [0.717, 1.165) is 39.4 Å². The number of benzene rings is 8. The van der Waals surface area contributed by atoms with Crippen LogP contribution in [0, 0.1) is 12.1 Å². The van der Waals surface area contributed by atoms with Crippen molar-refractivity contribution < 1.29 is 20.1 Å². The minimum atomic E-state index is 0. The van der Waals surface area contributed by atoms with Crippen molar-refractivity contribution in [3.63, 3.8) is 0 Å². The predicted octanol–water partition coefficient (Wildman–Crippen LogP) is 16.4. The van der Waals surface area contributed by atoms with Crippen molar-refractivity contribution in [2.75, 3.05) is 0 Å². The summed E-state index contributed by atoms with van der Waals surface area (Å²) in [6.07, 6.45) is 1.79. The second-order valence-corrected chi connectivity index (χ2v) is 18.2. The van der Waals surface area contributed by atoms with Crippen LogP contribution < -0.4 is 0 Å². The average molecular weight is 1050 g/mol. The van der Waals surface area contributed by atoms with Crippen LogP contribution in [0.25, 0.3) is 98.2 Å². The maximum absolute atomic E-state index is 5.48. The van der Waals surface area contributed by atoms with Crippen LogP contribution in [0.5, 0.6) is 0 Å². The van der Waals surface area contributed by atoms with Gasteiger partial charge >= 0.3 is 0 Å². The second kappa shape index (κ2) is 18.1. The number of hydrogen-bond donors (Lipinski definition) is 0. The molecule has 4 nitrogen and oxygen atoms in total.